The van der Waals surface area contributed by atoms with Gasteiger partial charge in [-0.05, 0) is 18.4 Å². The van der Waals surface area contributed by atoms with Gasteiger partial charge < -0.3 is 9.84 Å². The molecule has 76 valence electrons. The summed E-state index contributed by atoms with van der Waals surface area (Å²) in [5.41, 5.74) is 1.27. The molecule has 0 spiro atoms. The van der Waals surface area contributed by atoms with Crippen molar-refractivity contribution < 1.29 is 14.6 Å². The van der Waals surface area contributed by atoms with Crippen LogP contribution in [0.1, 0.15) is 15.9 Å². The number of ether oxygens (including phenoxy) is 1. The number of benzene rings is 1. The van der Waals surface area contributed by atoms with Crippen LogP contribution in [0.3, 0.4) is 0 Å². The molecule has 0 saturated carbocycles. The van der Waals surface area contributed by atoms with E-state index in [1.807, 2.05) is 6.26 Å². The fourth-order valence-electron chi connectivity index (χ4n) is 1.15. The Morgan fingerprint density at radius 1 is 1.57 bits per heavy atom. The summed E-state index contributed by atoms with van der Waals surface area (Å²) >= 11 is 1.67. The first-order chi connectivity index (χ1) is 6.69. The van der Waals surface area contributed by atoms with Crippen LogP contribution in [0.2, 0.25) is 0 Å². The Kier molecular flexibility index (Phi) is 3.83. The molecule has 0 aliphatic carbocycles. The van der Waals surface area contributed by atoms with Crippen LogP contribution in [0, 0.1) is 0 Å². The lowest BCUT2D eigenvalue weighted by atomic mass is 10.1. The molecule has 14 heavy (non-hydrogen) atoms. The second-order valence-electron chi connectivity index (χ2n) is 2.76. The van der Waals surface area contributed by atoms with Gasteiger partial charge >= 0.3 is 5.97 Å². The maximum atomic E-state index is 10.7. The Morgan fingerprint density at radius 3 is 2.79 bits per heavy atom. The van der Waals surface area contributed by atoms with E-state index in [2.05, 4.69) is 0 Å². The first-order valence-corrected chi connectivity index (χ1v) is 5.47. The lowest BCUT2D eigenvalue weighted by Gasteiger charge is -2.07. The average Bonchev–Trinajstić information content (AvgIpc) is 2.18. The van der Waals surface area contributed by atoms with Crippen molar-refractivity contribution in [3.8, 4) is 5.75 Å². The first-order valence-electron chi connectivity index (χ1n) is 4.08. The highest BCUT2D eigenvalue weighted by atomic mass is 32.2. The van der Waals surface area contributed by atoms with E-state index in [9.17, 15) is 4.79 Å². The Bertz CT molecular complexity index is 336. The summed E-state index contributed by atoms with van der Waals surface area (Å²) in [5, 5.41) is 8.76. The Labute approximate surface area is 87.1 Å². The number of hydrogen-bond acceptors (Lipinski definition) is 3. The van der Waals surface area contributed by atoms with Gasteiger partial charge in [-0.2, -0.15) is 11.8 Å². The summed E-state index contributed by atoms with van der Waals surface area (Å²) in [5.74, 6) is 0.529. The molecule has 4 heteroatoms. The number of thioether (sulfide) groups is 1. The summed E-state index contributed by atoms with van der Waals surface area (Å²) in [6, 6.07) is 4.93. The lowest BCUT2D eigenvalue weighted by molar-refractivity contribution is 0.0696. The maximum Gasteiger partial charge on any atom is 0.335 e. The number of carboxylic acids is 1. The van der Waals surface area contributed by atoms with Crippen LogP contribution in [0.25, 0.3) is 0 Å². The average molecular weight is 212 g/mol. The van der Waals surface area contributed by atoms with E-state index >= 15 is 0 Å². The molecule has 0 fully saturated rings. The SMILES string of the molecule is COc1cc(C(=O)O)ccc1CSC. The number of aromatic carboxylic acids is 1. The molecule has 0 bridgehead atoms. The molecule has 1 aromatic rings. The molecule has 0 amide bonds. The first kappa shape index (κ1) is 10.9. The normalized spacial score (nSPS) is 9.86. The number of carbonyl (C=O) groups is 1. The van der Waals surface area contributed by atoms with Gasteiger partial charge in [0.15, 0.2) is 0 Å². The van der Waals surface area contributed by atoms with Gasteiger partial charge in [-0.25, -0.2) is 4.79 Å². The monoisotopic (exact) mass is 212 g/mol. The van der Waals surface area contributed by atoms with Crippen molar-refractivity contribution in [1.82, 2.24) is 0 Å². The van der Waals surface area contributed by atoms with Crippen molar-refractivity contribution in [2.24, 2.45) is 0 Å². The third kappa shape index (κ3) is 2.42. The molecule has 0 saturated heterocycles. The minimum absolute atomic E-state index is 0.256. The van der Waals surface area contributed by atoms with Crippen molar-refractivity contribution >= 4 is 17.7 Å². The molecule has 0 aromatic heterocycles. The van der Waals surface area contributed by atoms with E-state index in [-0.39, 0.29) is 5.56 Å². The third-order valence-corrected chi connectivity index (χ3v) is 2.43. The van der Waals surface area contributed by atoms with Crippen LogP contribution < -0.4 is 4.74 Å². The van der Waals surface area contributed by atoms with Gasteiger partial charge in [0.2, 0.25) is 0 Å². The Hall–Kier alpha value is -1.16. The van der Waals surface area contributed by atoms with Crippen LogP contribution >= 0.6 is 11.8 Å². The summed E-state index contributed by atoms with van der Waals surface area (Å²) in [7, 11) is 1.55. The van der Waals surface area contributed by atoms with Crippen molar-refractivity contribution in [3.63, 3.8) is 0 Å². The van der Waals surface area contributed by atoms with Crippen LogP contribution in [0.5, 0.6) is 5.75 Å². The molecule has 0 aliphatic heterocycles. The van der Waals surface area contributed by atoms with Gasteiger partial charge in [-0.3, -0.25) is 0 Å². The third-order valence-electron chi connectivity index (χ3n) is 1.83. The van der Waals surface area contributed by atoms with Crippen molar-refractivity contribution in [2.75, 3.05) is 13.4 Å². The minimum atomic E-state index is -0.931. The van der Waals surface area contributed by atoms with E-state index in [4.69, 9.17) is 9.84 Å². The predicted octanol–water partition coefficient (Wildman–Crippen LogP) is 2.26. The molecule has 1 N–H and O–H groups in total. The van der Waals surface area contributed by atoms with Gasteiger partial charge in [-0.15, -0.1) is 0 Å². The zero-order valence-electron chi connectivity index (χ0n) is 8.11. The number of hydrogen-bond donors (Lipinski definition) is 1. The fourth-order valence-corrected chi connectivity index (χ4v) is 1.70. The minimum Gasteiger partial charge on any atom is -0.496 e. The molecular formula is C10H12O3S. The zero-order valence-corrected chi connectivity index (χ0v) is 8.93. The highest BCUT2D eigenvalue weighted by Gasteiger charge is 2.07. The van der Waals surface area contributed by atoms with Gasteiger partial charge in [0.1, 0.15) is 5.75 Å². The van der Waals surface area contributed by atoms with Crippen LogP contribution in [0.15, 0.2) is 18.2 Å². The van der Waals surface area contributed by atoms with E-state index in [1.165, 1.54) is 0 Å². The summed E-state index contributed by atoms with van der Waals surface area (Å²) in [6.07, 6.45) is 1.99. The van der Waals surface area contributed by atoms with Crippen molar-refractivity contribution in [3.05, 3.63) is 29.3 Å². The lowest BCUT2D eigenvalue weighted by Crippen LogP contribution is -1.98. The number of carboxylic acid groups (broad SMARTS) is 1. The largest absolute Gasteiger partial charge is 0.496 e. The second-order valence-corrected chi connectivity index (χ2v) is 3.63. The van der Waals surface area contributed by atoms with E-state index in [0.717, 1.165) is 11.3 Å². The molecule has 0 radical (unpaired) electrons. The standard InChI is InChI=1S/C10H12O3S/c1-13-9-5-7(10(11)12)3-4-8(9)6-14-2/h3-5H,6H2,1-2H3,(H,11,12). The Balaban J connectivity index is 3.04. The number of methoxy groups -OCH3 is 1. The second kappa shape index (κ2) is 4.91. The molecule has 0 aliphatic rings. The smallest absolute Gasteiger partial charge is 0.335 e. The fraction of sp³-hybridized carbons (Fsp3) is 0.300. The van der Waals surface area contributed by atoms with Gasteiger partial charge in [-0.1, -0.05) is 6.07 Å². The van der Waals surface area contributed by atoms with Gasteiger partial charge in [0.05, 0.1) is 12.7 Å². The molecule has 0 heterocycles. The molecule has 3 nitrogen and oxygen atoms in total. The Morgan fingerprint density at radius 2 is 2.29 bits per heavy atom. The van der Waals surface area contributed by atoms with E-state index < -0.39 is 5.97 Å². The highest BCUT2D eigenvalue weighted by Crippen LogP contribution is 2.23. The van der Waals surface area contributed by atoms with Gasteiger partial charge in [0, 0.05) is 11.3 Å². The van der Waals surface area contributed by atoms with E-state index in [1.54, 1.807) is 37.1 Å². The topological polar surface area (TPSA) is 46.5 Å². The summed E-state index contributed by atoms with van der Waals surface area (Å²) in [4.78, 5) is 10.7. The molecular weight excluding hydrogens is 200 g/mol. The van der Waals surface area contributed by atoms with Crippen molar-refractivity contribution in [2.45, 2.75) is 5.75 Å². The van der Waals surface area contributed by atoms with Crippen LogP contribution in [-0.2, 0) is 5.75 Å². The highest BCUT2D eigenvalue weighted by molar-refractivity contribution is 7.97. The molecule has 1 rings (SSSR count). The quantitative estimate of drug-likeness (QED) is 0.831. The maximum absolute atomic E-state index is 10.7. The zero-order chi connectivity index (χ0) is 10.6. The van der Waals surface area contributed by atoms with Crippen molar-refractivity contribution in [1.29, 1.82) is 0 Å². The van der Waals surface area contributed by atoms with Crippen LogP contribution in [-0.4, -0.2) is 24.4 Å². The van der Waals surface area contributed by atoms with Gasteiger partial charge in [0.25, 0.3) is 0 Å². The predicted molar refractivity (Wildman–Crippen MR) is 57.2 cm³/mol. The molecule has 1 aromatic carbocycles. The number of rotatable bonds is 4. The molecule has 0 unspecified atom stereocenters. The summed E-state index contributed by atoms with van der Waals surface area (Å²) in [6.45, 7) is 0. The summed E-state index contributed by atoms with van der Waals surface area (Å²) < 4.78 is 5.11. The van der Waals surface area contributed by atoms with E-state index in [0.29, 0.717) is 5.75 Å². The molecule has 0 atom stereocenters. The van der Waals surface area contributed by atoms with Crippen LogP contribution in [0.4, 0.5) is 0 Å².